The zero-order chi connectivity index (χ0) is 22.8. The number of hydrogen-bond donors (Lipinski definition) is 4. The Morgan fingerprint density at radius 3 is 2.62 bits per heavy atom. The third-order valence-electron chi connectivity index (χ3n) is 4.82. The summed E-state index contributed by atoms with van der Waals surface area (Å²) in [6.45, 7) is 2.67. The second-order valence-electron chi connectivity index (χ2n) is 7.37. The Bertz CT molecular complexity index is 988. The van der Waals surface area contributed by atoms with E-state index in [1.165, 1.54) is 0 Å². The first-order valence-electron chi connectivity index (χ1n) is 10.6. The van der Waals surface area contributed by atoms with E-state index in [1.54, 1.807) is 13.1 Å². The lowest BCUT2D eigenvalue weighted by Gasteiger charge is -2.18. The maximum atomic E-state index is 12.6. The summed E-state index contributed by atoms with van der Waals surface area (Å²) in [6, 6.07) is 19.2. The highest BCUT2D eigenvalue weighted by atomic mass is 32.1. The number of pyridine rings is 2. The number of hydrogen-bond acceptors (Lipinski definition) is 7. The van der Waals surface area contributed by atoms with Crippen LogP contribution in [0.1, 0.15) is 19.0 Å². The van der Waals surface area contributed by atoms with Crippen molar-refractivity contribution in [1.29, 1.82) is 0 Å². The molecule has 2 aromatic heterocycles. The molecule has 168 valence electrons. The van der Waals surface area contributed by atoms with E-state index in [2.05, 4.69) is 33.2 Å². The largest absolute Gasteiger partial charge is 0.463 e. The topological polar surface area (TPSA) is 102 Å². The van der Waals surface area contributed by atoms with Gasteiger partial charge in [-0.25, -0.2) is 4.98 Å². The number of ether oxygens (including phenoxy) is 1. The van der Waals surface area contributed by atoms with Crippen LogP contribution in [0.5, 0.6) is 5.88 Å². The van der Waals surface area contributed by atoms with E-state index in [0.717, 1.165) is 23.4 Å². The van der Waals surface area contributed by atoms with Crippen LogP contribution in [-0.4, -0.2) is 40.3 Å². The van der Waals surface area contributed by atoms with Gasteiger partial charge in [-0.1, -0.05) is 36.4 Å². The predicted octanol–water partition coefficient (Wildman–Crippen LogP) is 3.29. The molecule has 0 aliphatic carbocycles. The molecule has 1 unspecified atom stereocenters. The van der Waals surface area contributed by atoms with Gasteiger partial charge in [0.15, 0.2) is 6.10 Å². The molecule has 3 aromatic rings. The van der Waals surface area contributed by atoms with Gasteiger partial charge < -0.3 is 21.1 Å². The van der Waals surface area contributed by atoms with Crippen LogP contribution in [-0.2, 0) is 11.3 Å². The smallest absolute Gasteiger partial charge is 0.261 e. The third-order valence-corrected chi connectivity index (χ3v) is 5.29. The number of rotatable bonds is 11. The first-order valence-corrected chi connectivity index (χ1v) is 11.2. The molecule has 0 radical (unpaired) electrons. The van der Waals surface area contributed by atoms with Gasteiger partial charge in [0.1, 0.15) is 0 Å². The summed E-state index contributed by atoms with van der Waals surface area (Å²) in [7, 11) is 0. The minimum absolute atomic E-state index is 0.00282. The minimum Gasteiger partial charge on any atom is -0.463 e. The Morgan fingerprint density at radius 1 is 1.12 bits per heavy atom. The fraction of sp³-hybridized carbons (Fsp3) is 0.292. The van der Waals surface area contributed by atoms with E-state index in [4.69, 9.17) is 10.5 Å². The lowest BCUT2D eigenvalue weighted by molar-refractivity contribution is -0.127. The van der Waals surface area contributed by atoms with Crippen molar-refractivity contribution in [2.24, 2.45) is 5.73 Å². The number of nitrogens with zero attached hydrogens (tertiary/aromatic N) is 2. The van der Waals surface area contributed by atoms with Gasteiger partial charge >= 0.3 is 0 Å². The minimum atomic E-state index is -0.738. The number of anilines is 1. The van der Waals surface area contributed by atoms with E-state index in [9.17, 15) is 4.79 Å². The van der Waals surface area contributed by atoms with Gasteiger partial charge in [-0.3, -0.25) is 9.78 Å². The molecule has 0 bridgehead atoms. The van der Waals surface area contributed by atoms with Crippen molar-refractivity contribution in [1.82, 2.24) is 15.3 Å². The van der Waals surface area contributed by atoms with E-state index in [-0.39, 0.29) is 11.9 Å². The second-order valence-corrected chi connectivity index (χ2v) is 7.74. The van der Waals surface area contributed by atoms with Gasteiger partial charge in [0.2, 0.25) is 5.88 Å². The quantitative estimate of drug-likeness (QED) is 0.334. The molecule has 0 aliphatic heterocycles. The summed E-state index contributed by atoms with van der Waals surface area (Å²) < 4.78 is 5.99. The Balaban J connectivity index is 1.72. The summed E-state index contributed by atoms with van der Waals surface area (Å²) in [5.41, 5.74) is 9.17. The van der Waals surface area contributed by atoms with E-state index >= 15 is 0 Å². The van der Waals surface area contributed by atoms with Crippen LogP contribution in [0.2, 0.25) is 0 Å². The molecular formula is C24H29N5O2S. The first-order chi connectivity index (χ1) is 15.6. The van der Waals surface area contributed by atoms with Gasteiger partial charge in [-0.2, -0.15) is 12.6 Å². The van der Waals surface area contributed by atoms with Gasteiger partial charge in [-0.05, 0) is 37.6 Å². The summed E-state index contributed by atoms with van der Waals surface area (Å²) in [4.78, 5) is 21.5. The molecule has 8 heteroatoms. The van der Waals surface area contributed by atoms with E-state index in [1.807, 2.05) is 60.7 Å². The van der Waals surface area contributed by atoms with Crippen molar-refractivity contribution >= 4 is 24.2 Å². The third kappa shape index (κ3) is 6.96. The molecule has 3 rings (SSSR count). The number of carbonyl (C=O) groups is 1. The average Bonchev–Trinajstić information content (AvgIpc) is 2.84. The molecule has 7 nitrogen and oxygen atoms in total. The van der Waals surface area contributed by atoms with Crippen LogP contribution in [0.25, 0.3) is 11.3 Å². The molecule has 0 saturated heterocycles. The van der Waals surface area contributed by atoms with Crippen molar-refractivity contribution < 1.29 is 9.53 Å². The molecule has 4 N–H and O–H groups in total. The molecule has 0 aliphatic rings. The summed E-state index contributed by atoms with van der Waals surface area (Å²) >= 11 is 4.23. The number of amides is 1. The monoisotopic (exact) mass is 451 g/mol. The van der Waals surface area contributed by atoms with Crippen LogP contribution in [0.3, 0.4) is 0 Å². The molecule has 1 amide bonds. The number of benzene rings is 1. The Labute approximate surface area is 194 Å². The van der Waals surface area contributed by atoms with Crippen molar-refractivity contribution in [2.75, 3.05) is 17.6 Å². The lowest BCUT2D eigenvalue weighted by Crippen LogP contribution is -2.36. The van der Waals surface area contributed by atoms with Gasteiger partial charge in [-0.15, -0.1) is 0 Å². The summed E-state index contributed by atoms with van der Waals surface area (Å²) in [5.74, 6) is 0.737. The molecule has 2 atom stereocenters. The number of carbonyl (C=O) groups excluding carboxylic acids is 1. The van der Waals surface area contributed by atoms with Crippen molar-refractivity contribution in [3.63, 3.8) is 0 Å². The summed E-state index contributed by atoms with van der Waals surface area (Å²) in [5, 5.41) is 6.17. The van der Waals surface area contributed by atoms with Crippen LogP contribution in [0.15, 0.2) is 66.9 Å². The molecule has 2 heterocycles. The number of aromatic nitrogens is 2. The molecular weight excluding hydrogens is 422 g/mol. The normalized spacial score (nSPS) is 12.6. The lowest BCUT2D eigenvalue weighted by atomic mass is 10.1. The van der Waals surface area contributed by atoms with Gasteiger partial charge in [0.25, 0.3) is 5.91 Å². The molecule has 32 heavy (non-hydrogen) atoms. The maximum absolute atomic E-state index is 12.6. The number of nitrogens with two attached hydrogens (primary N) is 1. The van der Waals surface area contributed by atoms with Crippen molar-refractivity contribution in [3.05, 3.63) is 72.6 Å². The van der Waals surface area contributed by atoms with Crippen LogP contribution >= 0.6 is 12.6 Å². The SMILES string of the molecule is C[C@@H](Oc1nc(-c2ccccc2)ccc1NCCC(N)CS)C(=O)NCc1ccccn1. The van der Waals surface area contributed by atoms with Crippen LogP contribution in [0, 0.1) is 0 Å². The fourth-order valence-electron chi connectivity index (χ4n) is 2.96. The van der Waals surface area contributed by atoms with Crippen LogP contribution < -0.4 is 21.1 Å². The van der Waals surface area contributed by atoms with Crippen molar-refractivity contribution in [2.45, 2.75) is 32.0 Å². The summed E-state index contributed by atoms with van der Waals surface area (Å²) in [6.07, 6.45) is 1.71. The van der Waals surface area contributed by atoms with Crippen LogP contribution in [0.4, 0.5) is 5.69 Å². The highest BCUT2D eigenvalue weighted by molar-refractivity contribution is 7.80. The van der Waals surface area contributed by atoms with E-state index < -0.39 is 6.10 Å². The predicted molar refractivity (Wildman–Crippen MR) is 131 cm³/mol. The second kappa shape index (κ2) is 12.1. The van der Waals surface area contributed by atoms with Gasteiger partial charge in [0, 0.05) is 30.1 Å². The zero-order valence-corrected chi connectivity index (χ0v) is 19.0. The zero-order valence-electron chi connectivity index (χ0n) is 18.1. The fourth-order valence-corrected chi connectivity index (χ4v) is 3.15. The van der Waals surface area contributed by atoms with E-state index in [0.29, 0.717) is 30.4 Å². The number of nitrogens with one attached hydrogen (secondary N) is 2. The first kappa shape index (κ1) is 23.6. The Morgan fingerprint density at radius 2 is 1.91 bits per heavy atom. The molecule has 0 fully saturated rings. The van der Waals surface area contributed by atoms with Crippen molar-refractivity contribution in [3.8, 4) is 17.1 Å². The number of thiol groups is 1. The Kier molecular flexibility index (Phi) is 8.89. The highest BCUT2D eigenvalue weighted by Gasteiger charge is 2.18. The Hall–Kier alpha value is -3.10. The molecule has 0 saturated carbocycles. The average molecular weight is 452 g/mol. The molecule has 1 aromatic carbocycles. The maximum Gasteiger partial charge on any atom is 0.261 e. The highest BCUT2D eigenvalue weighted by Crippen LogP contribution is 2.28. The van der Waals surface area contributed by atoms with Gasteiger partial charge in [0.05, 0.1) is 23.6 Å². The standard InChI is InChI=1S/C24H29N5O2S/c1-17(23(30)28-15-20-9-5-6-13-26-20)31-24-22(27-14-12-19(25)16-32)11-10-21(29-24)18-7-3-2-4-8-18/h2-11,13,17,19,27,32H,12,14-16,25H2,1H3,(H,28,30)/t17-,19?/m1/s1. The molecule has 0 spiro atoms.